The van der Waals surface area contributed by atoms with E-state index in [0.717, 1.165) is 27.0 Å². The average molecular weight is 423 g/mol. The first-order chi connectivity index (χ1) is 13.0. The molecule has 7 heteroatoms. The first-order valence-electron chi connectivity index (χ1n) is 8.54. The third-order valence-corrected chi connectivity index (χ3v) is 5.86. The molecule has 134 valence electrons. The van der Waals surface area contributed by atoms with Crippen LogP contribution in [0.25, 0.3) is 5.69 Å². The van der Waals surface area contributed by atoms with Crippen LogP contribution in [-0.2, 0) is 15.0 Å². The van der Waals surface area contributed by atoms with Gasteiger partial charge in [0.1, 0.15) is 11.2 Å². The van der Waals surface area contributed by atoms with Crippen molar-refractivity contribution in [2.24, 2.45) is 0 Å². The molecule has 0 unspecified atom stereocenters. The monoisotopic (exact) mass is 422 g/mol. The number of para-hydroxylation sites is 1. The molecule has 2 aliphatic heterocycles. The lowest BCUT2D eigenvalue weighted by molar-refractivity contribution is -0.126. The lowest BCUT2D eigenvalue weighted by Gasteiger charge is -2.32. The highest BCUT2D eigenvalue weighted by molar-refractivity contribution is 9.10. The third kappa shape index (κ3) is 2.09. The molecule has 1 spiro atoms. The Morgan fingerprint density at radius 3 is 2.67 bits per heavy atom. The Morgan fingerprint density at radius 1 is 1.11 bits per heavy atom. The molecule has 0 saturated heterocycles. The molecule has 0 saturated carbocycles. The van der Waals surface area contributed by atoms with Crippen LogP contribution in [-0.4, -0.2) is 28.6 Å². The van der Waals surface area contributed by atoms with Crippen LogP contribution in [0.2, 0.25) is 0 Å². The molecule has 0 fully saturated rings. The van der Waals surface area contributed by atoms with E-state index in [0.29, 0.717) is 5.82 Å². The van der Waals surface area contributed by atoms with E-state index in [2.05, 4.69) is 26.3 Å². The van der Waals surface area contributed by atoms with Crippen molar-refractivity contribution in [3.8, 4) is 5.69 Å². The number of fused-ring (bicyclic) bond motifs is 4. The summed E-state index contributed by atoms with van der Waals surface area (Å²) in [7, 11) is 1.75. The maximum atomic E-state index is 13.4. The second-order valence-electron chi connectivity index (χ2n) is 6.81. The van der Waals surface area contributed by atoms with Gasteiger partial charge in [0.25, 0.3) is 0 Å². The summed E-state index contributed by atoms with van der Waals surface area (Å²) < 4.78 is 2.55. The standard InChI is InChI=1S/C20H15BrN4O2/c1-24-16-8-7-12(21)9-14(16)20(19(24)27)10-17(26)23-18-15(20)11-22-25(18)13-5-3-2-4-6-13/h2-9,11H,10H2,1H3,(H,23,26)/t20-/m0/s1. The molecule has 0 radical (unpaired) electrons. The highest BCUT2D eigenvalue weighted by Crippen LogP contribution is 2.52. The maximum Gasteiger partial charge on any atom is 0.242 e. The number of likely N-dealkylation sites (N-methyl/N-ethyl adjacent to an activating group) is 1. The predicted octanol–water partition coefficient (Wildman–Crippen LogP) is 3.24. The number of nitrogens with zero attached hydrogens (tertiary/aromatic N) is 3. The number of amides is 2. The molecule has 5 rings (SSSR count). The second kappa shape index (κ2) is 5.53. The Balaban J connectivity index is 1.80. The zero-order valence-corrected chi connectivity index (χ0v) is 16.0. The molecule has 2 aliphatic rings. The van der Waals surface area contributed by atoms with Crippen molar-refractivity contribution in [3.63, 3.8) is 0 Å². The zero-order chi connectivity index (χ0) is 18.8. The molecule has 0 aliphatic carbocycles. The van der Waals surface area contributed by atoms with E-state index in [1.54, 1.807) is 22.8 Å². The number of carbonyl (C=O) groups excluding carboxylic acids is 2. The minimum atomic E-state index is -1.06. The van der Waals surface area contributed by atoms with Crippen molar-refractivity contribution < 1.29 is 9.59 Å². The molecule has 6 nitrogen and oxygen atoms in total. The lowest BCUT2D eigenvalue weighted by Crippen LogP contribution is -2.45. The normalized spacial score (nSPS) is 20.6. The molecule has 1 aromatic heterocycles. The van der Waals surface area contributed by atoms with Crippen molar-refractivity contribution in [2.75, 3.05) is 17.3 Å². The fourth-order valence-electron chi connectivity index (χ4n) is 4.14. The van der Waals surface area contributed by atoms with Crippen LogP contribution < -0.4 is 10.2 Å². The van der Waals surface area contributed by atoms with E-state index in [9.17, 15) is 9.59 Å². The van der Waals surface area contributed by atoms with Crippen molar-refractivity contribution in [1.29, 1.82) is 0 Å². The Kier molecular flexibility index (Phi) is 3.33. The van der Waals surface area contributed by atoms with Gasteiger partial charge in [-0.2, -0.15) is 5.10 Å². The van der Waals surface area contributed by atoms with Crippen LogP contribution in [0, 0.1) is 0 Å². The quantitative estimate of drug-likeness (QED) is 0.654. The van der Waals surface area contributed by atoms with Crippen LogP contribution in [0.4, 0.5) is 11.5 Å². The summed E-state index contributed by atoms with van der Waals surface area (Å²) in [5, 5.41) is 7.41. The molecule has 0 bridgehead atoms. The van der Waals surface area contributed by atoms with Crippen molar-refractivity contribution >= 4 is 39.2 Å². The van der Waals surface area contributed by atoms with Crippen molar-refractivity contribution in [1.82, 2.24) is 9.78 Å². The number of hydrogen-bond donors (Lipinski definition) is 1. The van der Waals surface area contributed by atoms with Gasteiger partial charge in [0.15, 0.2) is 0 Å². The van der Waals surface area contributed by atoms with Crippen LogP contribution in [0.1, 0.15) is 17.5 Å². The molecule has 1 atom stereocenters. The largest absolute Gasteiger partial charge is 0.314 e. The summed E-state index contributed by atoms with van der Waals surface area (Å²) >= 11 is 3.50. The Labute approximate surface area is 163 Å². The molecule has 3 aromatic rings. The Hall–Kier alpha value is -2.93. The molecule has 2 amide bonds. The Bertz CT molecular complexity index is 1110. The van der Waals surface area contributed by atoms with E-state index >= 15 is 0 Å². The summed E-state index contributed by atoms with van der Waals surface area (Å²) in [5.74, 6) is 0.237. The van der Waals surface area contributed by atoms with Gasteiger partial charge in [-0.1, -0.05) is 34.1 Å². The molecular formula is C20H15BrN4O2. The molecular weight excluding hydrogens is 408 g/mol. The number of hydrogen-bond acceptors (Lipinski definition) is 3. The van der Waals surface area contributed by atoms with E-state index in [1.165, 1.54) is 0 Å². The van der Waals surface area contributed by atoms with Gasteiger partial charge >= 0.3 is 0 Å². The minimum Gasteiger partial charge on any atom is -0.314 e. The van der Waals surface area contributed by atoms with Gasteiger partial charge in [0, 0.05) is 29.2 Å². The SMILES string of the molecule is CN1C(=O)[C@@]2(CC(=O)Nc3c2cnn3-c2ccccc2)c2cc(Br)ccc21. The average Bonchev–Trinajstić information content (AvgIpc) is 3.17. The molecule has 2 aromatic carbocycles. The first-order valence-corrected chi connectivity index (χ1v) is 9.33. The van der Waals surface area contributed by atoms with Gasteiger partial charge in [-0.05, 0) is 35.9 Å². The number of aromatic nitrogens is 2. The summed E-state index contributed by atoms with van der Waals surface area (Å²) in [6, 6.07) is 15.3. The van der Waals surface area contributed by atoms with Gasteiger partial charge in [0.05, 0.1) is 11.9 Å². The fraction of sp³-hybridized carbons (Fsp3) is 0.150. The molecule has 27 heavy (non-hydrogen) atoms. The number of benzene rings is 2. The second-order valence-corrected chi connectivity index (χ2v) is 7.73. The number of anilines is 2. The predicted molar refractivity (Wildman–Crippen MR) is 105 cm³/mol. The van der Waals surface area contributed by atoms with Gasteiger partial charge in [0.2, 0.25) is 11.8 Å². The van der Waals surface area contributed by atoms with Crippen LogP contribution in [0.3, 0.4) is 0 Å². The number of halogens is 1. The zero-order valence-electron chi connectivity index (χ0n) is 14.4. The topological polar surface area (TPSA) is 67.2 Å². The highest BCUT2D eigenvalue weighted by atomic mass is 79.9. The Morgan fingerprint density at radius 2 is 1.89 bits per heavy atom. The van der Waals surface area contributed by atoms with Crippen molar-refractivity contribution in [2.45, 2.75) is 11.8 Å². The van der Waals surface area contributed by atoms with Crippen LogP contribution in [0.5, 0.6) is 0 Å². The molecule has 3 heterocycles. The van der Waals surface area contributed by atoms with E-state index in [4.69, 9.17) is 0 Å². The number of nitrogens with one attached hydrogen (secondary N) is 1. The summed E-state index contributed by atoms with van der Waals surface area (Å²) in [6.07, 6.45) is 1.76. The van der Waals surface area contributed by atoms with Crippen LogP contribution in [0.15, 0.2) is 59.2 Å². The van der Waals surface area contributed by atoms with E-state index in [1.807, 2.05) is 48.5 Å². The number of carbonyl (C=O) groups is 2. The van der Waals surface area contributed by atoms with Gasteiger partial charge in [-0.3, -0.25) is 9.59 Å². The van der Waals surface area contributed by atoms with E-state index in [-0.39, 0.29) is 18.2 Å². The fourth-order valence-corrected chi connectivity index (χ4v) is 4.50. The van der Waals surface area contributed by atoms with Gasteiger partial charge in [-0.15, -0.1) is 0 Å². The molecule has 1 N–H and O–H groups in total. The smallest absolute Gasteiger partial charge is 0.242 e. The first kappa shape index (κ1) is 16.3. The third-order valence-electron chi connectivity index (χ3n) is 5.36. The van der Waals surface area contributed by atoms with Crippen molar-refractivity contribution in [3.05, 3.63) is 70.3 Å². The minimum absolute atomic E-state index is 0.0626. The number of rotatable bonds is 1. The van der Waals surface area contributed by atoms with Gasteiger partial charge in [-0.25, -0.2) is 4.68 Å². The lowest BCUT2D eigenvalue weighted by atomic mass is 9.72. The van der Waals surface area contributed by atoms with E-state index < -0.39 is 5.41 Å². The summed E-state index contributed by atoms with van der Waals surface area (Å²) in [6.45, 7) is 0. The van der Waals surface area contributed by atoms with Gasteiger partial charge < -0.3 is 10.2 Å². The summed E-state index contributed by atoms with van der Waals surface area (Å²) in [4.78, 5) is 27.7. The maximum absolute atomic E-state index is 13.4. The van der Waals surface area contributed by atoms with Crippen LogP contribution >= 0.6 is 15.9 Å². The highest BCUT2D eigenvalue weighted by Gasteiger charge is 2.56. The summed E-state index contributed by atoms with van der Waals surface area (Å²) in [5.41, 5.74) is 2.13.